The summed E-state index contributed by atoms with van der Waals surface area (Å²) in [5.41, 5.74) is 5.14. The number of aryl methyl sites for hydroxylation is 1. The van der Waals surface area contributed by atoms with Crippen LogP contribution in [0.15, 0.2) is 18.2 Å². The molecule has 3 N–H and O–H groups in total. The van der Waals surface area contributed by atoms with E-state index in [0.717, 1.165) is 0 Å². The third kappa shape index (κ3) is 4.71. The maximum Gasteiger partial charge on any atom is 0.126 e. The predicted octanol–water partition coefficient (Wildman–Crippen LogP) is 2.00. The number of ether oxygens (including phenoxy) is 1. The molecule has 0 aliphatic heterocycles. The number of halogens is 1. The zero-order chi connectivity index (χ0) is 12.9. The Morgan fingerprint density at radius 3 is 2.76 bits per heavy atom. The highest BCUT2D eigenvalue weighted by Crippen LogP contribution is 2.17. The van der Waals surface area contributed by atoms with Crippen LogP contribution in [0, 0.1) is 12.7 Å². The van der Waals surface area contributed by atoms with Gasteiger partial charge in [0.15, 0.2) is 0 Å². The standard InChI is InChI=1S/C13H20FNO2/c1-10-8-11(4-5-12(10)14)17-7-3-6-13(2,16)9-15/h4-5,8,16H,3,6-7,9,15H2,1-2H3. The highest BCUT2D eigenvalue weighted by atomic mass is 19.1. The van der Waals surface area contributed by atoms with Crippen LogP contribution < -0.4 is 10.5 Å². The van der Waals surface area contributed by atoms with Gasteiger partial charge in [0.1, 0.15) is 11.6 Å². The fraction of sp³-hybridized carbons (Fsp3) is 0.538. The van der Waals surface area contributed by atoms with Crippen molar-refractivity contribution in [1.82, 2.24) is 0 Å². The van der Waals surface area contributed by atoms with Crippen LogP contribution in [-0.4, -0.2) is 23.9 Å². The lowest BCUT2D eigenvalue weighted by atomic mass is 10.0. The molecule has 0 spiro atoms. The summed E-state index contributed by atoms with van der Waals surface area (Å²) in [7, 11) is 0. The highest BCUT2D eigenvalue weighted by Gasteiger charge is 2.16. The van der Waals surface area contributed by atoms with Crippen molar-refractivity contribution in [2.45, 2.75) is 32.3 Å². The van der Waals surface area contributed by atoms with Gasteiger partial charge in [-0.15, -0.1) is 0 Å². The Labute approximate surface area is 101 Å². The van der Waals surface area contributed by atoms with E-state index in [0.29, 0.717) is 30.8 Å². The van der Waals surface area contributed by atoms with Crippen LogP contribution in [0.1, 0.15) is 25.3 Å². The molecule has 0 saturated carbocycles. The van der Waals surface area contributed by atoms with Crippen LogP contribution in [0.4, 0.5) is 4.39 Å². The molecule has 0 radical (unpaired) electrons. The zero-order valence-electron chi connectivity index (χ0n) is 10.4. The molecule has 1 atom stereocenters. The number of aliphatic hydroxyl groups is 1. The van der Waals surface area contributed by atoms with Crippen LogP contribution in [0.2, 0.25) is 0 Å². The molecule has 0 amide bonds. The molecule has 0 aromatic heterocycles. The van der Waals surface area contributed by atoms with E-state index in [2.05, 4.69) is 0 Å². The summed E-state index contributed by atoms with van der Waals surface area (Å²) in [5.74, 6) is 0.416. The second-order valence-corrected chi connectivity index (χ2v) is 4.56. The van der Waals surface area contributed by atoms with Gasteiger partial charge in [0.2, 0.25) is 0 Å². The SMILES string of the molecule is Cc1cc(OCCCC(C)(O)CN)ccc1F. The van der Waals surface area contributed by atoms with E-state index in [9.17, 15) is 9.50 Å². The molecule has 1 aromatic rings. The van der Waals surface area contributed by atoms with Crippen molar-refractivity contribution in [3.05, 3.63) is 29.6 Å². The quantitative estimate of drug-likeness (QED) is 0.749. The summed E-state index contributed by atoms with van der Waals surface area (Å²) in [6.45, 7) is 4.13. The van der Waals surface area contributed by atoms with E-state index in [-0.39, 0.29) is 12.4 Å². The van der Waals surface area contributed by atoms with Crippen LogP contribution >= 0.6 is 0 Å². The average molecular weight is 241 g/mol. The normalized spacial score (nSPS) is 14.4. The van der Waals surface area contributed by atoms with Gasteiger partial charge < -0.3 is 15.6 Å². The first-order chi connectivity index (χ1) is 7.94. The van der Waals surface area contributed by atoms with Crippen LogP contribution in [0.3, 0.4) is 0 Å². The molecule has 0 bridgehead atoms. The Morgan fingerprint density at radius 2 is 2.18 bits per heavy atom. The topological polar surface area (TPSA) is 55.5 Å². The third-order valence-electron chi connectivity index (χ3n) is 2.70. The molecule has 4 heteroatoms. The van der Waals surface area contributed by atoms with Gasteiger partial charge in [0, 0.05) is 6.54 Å². The molecule has 3 nitrogen and oxygen atoms in total. The van der Waals surface area contributed by atoms with E-state index < -0.39 is 5.60 Å². The first-order valence-electron chi connectivity index (χ1n) is 5.76. The van der Waals surface area contributed by atoms with Crippen molar-refractivity contribution >= 4 is 0 Å². The van der Waals surface area contributed by atoms with Gasteiger partial charge in [-0.2, -0.15) is 0 Å². The Hall–Kier alpha value is -1.13. The molecular weight excluding hydrogens is 221 g/mol. The molecule has 0 aliphatic carbocycles. The van der Waals surface area contributed by atoms with Gasteiger partial charge in [-0.1, -0.05) is 0 Å². The molecule has 96 valence electrons. The summed E-state index contributed by atoms with van der Waals surface area (Å²) in [4.78, 5) is 0. The molecule has 1 unspecified atom stereocenters. The maximum absolute atomic E-state index is 13.0. The van der Waals surface area contributed by atoms with Crippen LogP contribution in [-0.2, 0) is 0 Å². The van der Waals surface area contributed by atoms with Crippen molar-refractivity contribution in [3.63, 3.8) is 0 Å². The molecule has 1 rings (SSSR count). The number of nitrogens with two attached hydrogens (primary N) is 1. The number of hydrogen-bond donors (Lipinski definition) is 2. The average Bonchev–Trinajstić information content (AvgIpc) is 2.29. The molecule has 1 aromatic carbocycles. The van der Waals surface area contributed by atoms with Gasteiger partial charge in [0.25, 0.3) is 0 Å². The number of benzene rings is 1. The third-order valence-corrected chi connectivity index (χ3v) is 2.70. The zero-order valence-corrected chi connectivity index (χ0v) is 10.4. The Kier molecular flexibility index (Phi) is 4.90. The number of rotatable bonds is 6. The molecule has 0 heterocycles. The van der Waals surface area contributed by atoms with Gasteiger partial charge in [0.05, 0.1) is 12.2 Å². The predicted molar refractivity (Wildman–Crippen MR) is 65.5 cm³/mol. The van der Waals surface area contributed by atoms with Crippen molar-refractivity contribution in [3.8, 4) is 5.75 Å². The summed E-state index contributed by atoms with van der Waals surface area (Å²) in [6, 6.07) is 4.65. The molecule has 17 heavy (non-hydrogen) atoms. The van der Waals surface area contributed by atoms with Gasteiger partial charge in [-0.25, -0.2) is 4.39 Å². The summed E-state index contributed by atoms with van der Waals surface area (Å²) < 4.78 is 18.4. The number of hydrogen-bond acceptors (Lipinski definition) is 3. The van der Waals surface area contributed by atoms with Gasteiger partial charge >= 0.3 is 0 Å². The van der Waals surface area contributed by atoms with E-state index >= 15 is 0 Å². The largest absolute Gasteiger partial charge is 0.494 e. The Bertz CT molecular complexity index is 366. The lowest BCUT2D eigenvalue weighted by Crippen LogP contribution is -2.34. The lowest BCUT2D eigenvalue weighted by molar-refractivity contribution is 0.0536. The summed E-state index contributed by atoms with van der Waals surface area (Å²) in [6.07, 6.45) is 1.30. The Morgan fingerprint density at radius 1 is 1.47 bits per heavy atom. The van der Waals surface area contributed by atoms with Crippen molar-refractivity contribution in [2.24, 2.45) is 5.73 Å². The maximum atomic E-state index is 13.0. The van der Waals surface area contributed by atoms with E-state index in [1.807, 2.05) is 0 Å². The molecule has 0 fully saturated rings. The fourth-order valence-corrected chi connectivity index (χ4v) is 1.45. The van der Waals surface area contributed by atoms with Crippen LogP contribution in [0.5, 0.6) is 5.75 Å². The minimum atomic E-state index is -0.831. The molecule has 0 aliphatic rings. The second-order valence-electron chi connectivity index (χ2n) is 4.56. The van der Waals surface area contributed by atoms with Gasteiger partial charge in [-0.05, 0) is 50.5 Å². The monoisotopic (exact) mass is 241 g/mol. The second kappa shape index (κ2) is 5.98. The minimum absolute atomic E-state index is 0.233. The smallest absolute Gasteiger partial charge is 0.126 e. The molecular formula is C13H20FNO2. The first kappa shape index (κ1) is 13.9. The first-order valence-corrected chi connectivity index (χ1v) is 5.76. The van der Waals surface area contributed by atoms with E-state index in [1.165, 1.54) is 6.07 Å². The Balaban J connectivity index is 2.34. The van der Waals surface area contributed by atoms with Crippen molar-refractivity contribution in [2.75, 3.05) is 13.2 Å². The van der Waals surface area contributed by atoms with Crippen LogP contribution in [0.25, 0.3) is 0 Å². The lowest BCUT2D eigenvalue weighted by Gasteiger charge is -2.20. The summed E-state index contributed by atoms with van der Waals surface area (Å²) >= 11 is 0. The van der Waals surface area contributed by atoms with E-state index in [4.69, 9.17) is 10.5 Å². The minimum Gasteiger partial charge on any atom is -0.494 e. The van der Waals surface area contributed by atoms with E-state index in [1.54, 1.807) is 26.0 Å². The molecule has 0 saturated heterocycles. The highest BCUT2D eigenvalue weighted by molar-refractivity contribution is 5.28. The fourth-order valence-electron chi connectivity index (χ4n) is 1.45. The summed E-state index contributed by atoms with van der Waals surface area (Å²) in [5, 5.41) is 9.67. The van der Waals surface area contributed by atoms with Crippen molar-refractivity contribution in [1.29, 1.82) is 0 Å². The van der Waals surface area contributed by atoms with Gasteiger partial charge in [-0.3, -0.25) is 0 Å². The van der Waals surface area contributed by atoms with Crippen molar-refractivity contribution < 1.29 is 14.2 Å².